The van der Waals surface area contributed by atoms with E-state index in [4.69, 9.17) is 25.9 Å². The van der Waals surface area contributed by atoms with Crippen LogP contribution < -0.4 is 5.73 Å². The largest absolute Gasteiger partial charge is 0.480 e. The molecular weight excluding hydrogens is 388 g/mol. The molecule has 8 N–H and O–H groups in total. The second-order valence-electron chi connectivity index (χ2n) is 5.79. The fourth-order valence-electron chi connectivity index (χ4n) is 2.19. The first kappa shape index (κ1) is 23.4. The molecule has 0 aromatic carbocycles. The van der Waals surface area contributed by atoms with Gasteiger partial charge in [0.25, 0.3) is 0 Å². The molecular formula is C14H26N2O8S2. The molecule has 6 atom stereocenters. The Balaban J connectivity index is 2.35. The summed E-state index contributed by atoms with van der Waals surface area (Å²) >= 11 is 2.33. The van der Waals surface area contributed by atoms with E-state index < -0.39 is 48.5 Å². The third-order valence-electron chi connectivity index (χ3n) is 3.76. The van der Waals surface area contributed by atoms with Crippen molar-refractivity contribution in [3.8, 4) is 0 Å². The Labute approximate surface area is 159 Å². The molecule has 1 saturated heterocycles. The number of aliphatic hydroxyl groups excluding tert-OH is 4. The van der Waals surface area contributed by atoms with Gasteiger partial charge in [-0.2, -0.15) is 11.8 Å². The maximum atomic E-state index is 10.6. The molecule has 12 heteroatoms. The predicted octanol–water partition coefficient (Wildman–Crippen LogP) is -1.38. The summed E-state index contributed by atoms with van der Waals surface area (Å²) < 4.78 is 5.34. The highest BCUT2D eigenvalue weighted by Gasteiger charge is 2.44. The van der Waals surface area contributed by atoms with Gasteiger partial charge in [0.15, 0.2) is 0 Å². The number of aliphatic carboxylic acids is 1. The molecule has 1 rings (SSSR count). The third-order valence-corrected chi connectivity index (χ3v) is 6.11. The first-order valence-corrected chi connectivity index (χ1v) is 10.1. The number of nitrogens with zero attached hydrogens (tertiary/aromatic N) is 1. The quantitative estimate of drug-likeness (QED) is 0.0734. The molecule has 0 aromatic heterocycles. The Hall–Kier alpha value is -0.600. The summed E-state index contributed by atoms with van der Waals surface area (Å²) in [5, 5.41) is 59.8. The highest BCUT2D eigenvalue weighted by Crippen LogP contribution is 2.30. The fraction of sp³-hybridized carbons (Fsp3) is 0.857. The normalized spacial score (nSPS) is 31.0. The van der Waals surface area contributed by atoms with E-state index in [1.807, 2.05) is 0 Å². The molecule has 1 fully saturated rings. The van der Waals surface area contributed by atoms with Gasteiger partial charge in [0, 0.05) is 5.75 Å². The van der Waals surface area contributed by atoms with Gasteiger partial charge in [-0.25, -0.2) is 0 Å². The summed E-state index contributed by atoms with van der Waals surface area (Å²) in [6.07, 6.45) is -3.54. The van der Waals surface area contributed by atoms with Crippen LogP contribution in [0.2, 0.25) is 0 Å². The van der Waals surface area contributed by atoms with Crippen molar-refractivity contribution in [3.63, 3.8) is 0 Å². The van der Waals surface area contributed by atoms with E-state index >= 15 is 0 Å². The Morgan fingerprint density at radius 2 is 1.88 bits per heavy atom. The van der Waals surface area contributed by atoms with Crippen LogP contribution in [0.4, 0.5) is 0 Å². The lowest BCUT2D eigenvalue weighted by molar-refractivity contribution is -0.205. The zero-order chi connectivity index (χ0) is 19.7. The van der Waals surface area contributed by atoms with Crippen LogP contribution in [0.25, 0.3) is 0 Å². The highest BCUT2D eigenvalue weighted by atomic mass is 32.2. The number of rotatable bonds is 10. The summed E-state index contributed by atoms with van der Waals surface area (Å²) in [4.78, 5) is 10.6. The molecule has 0 amide bonds. The number of unbranched alkanes of at least 4 members (excludes halogenated alkanes) is 1. The van der Waals surface area contributed by atoms with Gasteiger partial charge in [-0.3, -0.25) is 4.79 Å². The minimum Gasteiger partial charge on any atom is -0.480 e. The molecule has 26 heavy (non-hydrogen) atoms. The number of nitrogens with two attached hydrogens (primary N) is 1. The molecule has 0 saturated carbocycles. The smallest absolute Gasteiger partial charge is 0.321 e. The molecule has 1 aliphatic rings. The number of carboxylic acids is 1. The van der Waals surface area contributed by atoms with E-state index in [1.165, 1.54) is 11.8 Å². The summed E-state index contributed by atoms with van der Waals surface area (Å²) in [5.74, 6) is -0.0246. The molecule has 10 nitrogen and oxygen atoms in total. The zero-order valence-electron chi connectivity index (χ0n) is 14.0. The molecule has 0 bridgehead atoms. The lowest BCUT2D eigenvalue weighted by atomic mass is 10.0. The average Bonchev–Trinajstić information content (AvgIpc) is 2.63. The number of aliphatic hydroxyl groups is 4. The van der Waals surface area contributed by atoms with Gasteiger partial charge in [0.1, 0.15) is 40.9 Å². The van der Waals surface area contributed by atoms with E-state index in [2.05, 4.69) is 5.16 Å². The number of thioether (sulfide) groups is 2. The van der Waals surface area contributed by atoms with Crippen molar-refractivity contribution in [2.45, 2.75) is 55.2 Å². The van der Waals surface area contributed by atoms with Crippen LogP contribution in [0.5, 0.6) is 0 Å². The SMILES string of the molecule is NC(CSCCCCC(=NO)SC1OC(CO)C(O)C(O)C1O)C(=O)O. The Kier molecular flexibility index (Phi) is 10.8. The maximum Gasteiger partial charge on any atom is 0.321 e. The highest BCUT2D eigenvalue weighted by molar-refractivity contribution is 8.14. The molecule has 0 radical (unpaired) electrons. The molecule has 152 valence electrons. The predicted molar refractivity (Wildman–Crippen MR) is 97.4 cm³/mol. The van der Waals surface area contributed by atoms with Crippen LogP contribution in [0.3, 0.4) is 0 Å². The zero-order valence-corrected chi connectivity index (χ0v) is 15.7. The van der Waals surface area contributed by atoms with Crippen molar-refractivity contribution < 1.29 is 40.3 Å². The van der Waals surface area contributed by atoms with Gasteiger partial charge >= 0.3 is 5.97 Å². The standard InChI is InChI=1S/C14H26N2O8S2/c15-7(13(21)22)6-25-4-2-1-3-9(16-23)26-14-12(20)11(19)10(18)8(5-17)24-14/h7-8,10-12,14,17-20,23H,1-6,15H2,(H,21,22). The average molecular weight is 415 g/mol. The number of oxime groups is 1. The lowest BCUT2D eigenvalue weighted by Gasteiger charge is -2.39. The van der Waals surface area contributed by atoms with Crippen molar-refractivity contribution in [2.75, 3.05) is 18.1 Å². The summed E-state index contributed by atoms with van der Waals surface area (Å²) in [6.45, 7) is -0.524. The van der Waals surface area contributed by atoms with Gasteiger partial charge in [-0.1, -0.05) is 16.9 Å². The Morgan fingerprint density at radius 1 is 1.19 bits per heavy atom. The Bertz CT molecular complexity index is 468. The van der Waals surface area contributed by atoms with Gasteiger partial charge in [0.05, 0.1) is 6.61 Å². The number of hydrogen-bond acceptors (Lipinski definition) is 11. The van der Waals surface area contributed by atoms with E-state index in [-0.39, 0.29) is 5.04 Å². The second kappa shape index (κ2) is 12.0. The maximum absolute atomic E-state index is 10.6. The van der Waals surface area contributed by atoms with Gasteiger partial charge in [-0.05, 0) is 25.0 Å². The number of ether oxygens (including phenoxy) is 1. The van der Waals surface area contributed by atoms with Crippen molar-refractivity contribution in [1.29, 1.82) is 0 Å². The molecule has 6 unspecified atom stereocenters. The molecule has 0 spiro atoms. The molecule has 0 aromatic rings. The minimum atomic E-state index is -1.48. The van der Waals surface area contributed by atoms with Crippen LogP contribution in [-0.4, -0.2) is 95.8 Å². The van der Waals surface area contributed by atoms with Crippen LogP contribution in [0, 0.1) is 0 Å². The first-order chi connectivity index (χ1) is 12.3. The van der Waals surface area contributed by atoms with Crippen LogP contribution in [-0.2, 0) is 9.53 Å². The number of carbonyl (C=O) groups is 1. The number of hydrogen-bond donors (Lipinski definition) is 7. The van der Waals surface area contributed by atoms with Crippen molar-refractivity contribution in [1.82, 2.24) is 0 Å². The molecule has 1 aliphatic heterocycles. The van der Waals surface area contributed by atoms with Gasteiger partial charge in [-0.15, -0.1) is 0 Å². The summed E-state index contributed by atoms with van der Waals surface area (Å²) in [6, 6.07) is -0.892. The topological polar surface area (TPSA) is 186 Å². The molecule has 1 heterocycles. The van der Waals surface area contributed by atoms with Crippen molar-refractivity contribution >= 4 is 34.5 Å². The lowest BCUT2D eigenvalue weighted by Crippen LogP contribution is -2.57. The van der Waals surface area contributed by atoms with Crippen molar-refractivity contribution in [3.05, 3.63) is 0 Å². The van der Waals surface area contributed by atoms with Crippen molar-refractivity contribution in [2.24, 2.45) is 10.9 Å². The monoisotopic (exact) mass is 414 g/mol. The van der Waals surface area contributed by atoms with Crippen LogP contribution >= 0.6 is 23.5 Å². The van der Waals surface area contributed by atoms with E-state index in [9.17, 15) is 20.1 Å². The number of carboxylic acid groups (broad SMARTS) is 1. The van der Waals surface area contributed by atoms with Crippen LogP contribution in [0.1, 0.15) is 19.3 Å². The van der Waals surface area contributed by atoms with Gasteiger partial charge < -0.3 is 41.2 Å². The summed E-state index contributed by atoms with van der Waals surface area (Å²) in [7, 11) is 0. The third kappa shape index (κ3) is 7.19. The second-order valence-corrected chi connectivity index (χ2v) is 8.11. The first-order valence-electron chi connectivity index (χ1n) is 8.06. The minimum absolute atomic E-state index is 0.279. The van der Waals surface area contributed by atoms with E-state index in [1.54, 1.807) is 0 Å². The van der Waals surface area contributed by atoms with Crippen LogP contribution in [0.15, 0.2) is 5.16 Å². The van der Waals surface area contributed by atoms with Gasteiger partial charge in [0.2, 0.25) is 0 Å². The summed E-state index contributed by atoms with van der Waals surface area (Å²) in [5.41, 5.74) is 4.41. The Morgan fingerprint density at radius 3 is 2.46 bits per heavy atom. The fourth-order valence-corrected chi connectivity index (χ4v) is 4.24. The van der Waals surface area contributed by atoms with E-state index in [0.29, 0.717) is 24.3 Å². The van der Waals surface area contributed by atoms with E-state index in [0.717, 1.165) is 18.2 Å². The molecule has 0 aliphatic carbocycles.